The number of halogens is 2. The molecule has 2 N–H and O–H groups in total. The summed E-state index contributed by atoms with van der Waals surface area (Å²) in [6.07, 6.45) is 1.51. The van der Waals surface area contributed by atoms with Crippen LogP contribution in [0.2, 0.25) is 5.02 Å². The lowest BCUT2D eigenvalue weighted by Crippen LogP contribution is -1.88. The van der Waals surface area contributed by atoms with Gasteiger partial charge in [-0.3, -0.25) is 0 Å². The first kappa shape index (κ1) is 12.0. The van der Waals surface area contributed by atoms with Gasteiger partial charge in [0.05, 0.1) is 15.9 Å². The van der Waals surface area contributed by atoms with Gasteiger partial charge >= 0.3 is 7.60 Å². The molecule has 2 aromatic rings. The average molecular weight is 324 g/mol. The maximum Gasteiger partial charge on any atom is 0.373 e. The van der Waals surface area contributed by atoms with E-state index in [2.05, 4.69) is 20.9 Å². The van der Waals surface area contributed by atoms with Crippen molar-refractivity contribution >= 4 is 46.0 Å². The summed E-state index contributed by atoms with van der Waals surface area (Å²) < 4.78 is 16.9. The third-order valence-corrected chi connectivity index (χ3v) is 3.78. The first-order valence-corrected chi connectivity index (χ1v) is 7.53. The summed E-state index contributed by atoms with van der Waals surface area (Å²) in [6, 6.07) is 3.59. The molecule has 86 valence electrons. The van der Waals surface area contributed by atoms with Gasteiger partial charge in [-0.25, -0.2) is 4.57 Å². The van der Waals surface area contributed by atoms with Gasteiger partial charge < -0.3 is 14.4 Å². The van der Waals surface area contributed by atoms with Crippen LogP contribution >= 0.6 is 35.1 Å². The van der Waals surface area contributed by atoms with E-state index in [1.807, 2.05) is 0 Å². The van der Waals surface area contributed by atoms with E-state index in [0.717, 1.165) is 12.2 Å². The van der Waals surface area contributed by atoms with E-state index in [4.69, 9.17) is 16.1 Å². The third-order valence-electron chi connectivity index (χ3n) is 1.97. The van der Waals surface area contributed by atoms with Crippen LogP contribution in [-0.4, -0.2) is 16.5 Å². The van der Waals surface area contributed by atoms with Gasteiger partial charge in [-0.2, -0.15) is 0 Å². The number of hydrogen-bond donors (Lipinski definition) is 2. The number of hydrogen-bond acceptors (Lipinski definition) is 2. The highest BCUT2D eigenvalue weighted by Crippen LogP contribution is 2.44. The predicted molar refractivity (Wildman–Crippen MR) is 67.4 cm³/mol. The lowest BCUT2D eigenvalue weighted by molar-refractivity contribution is 0.389. The molecule has 0 radical (unpaired) electrons. The van der Waals surface area contributed by atoms with Gasteiger partial charge in [0.15, 0.2) is 5.75 Å². The van der Waals surface area contributed by atoms with Crippen molar-refractivity contribution in [2.24, 2.45) is 0 Å². The molecule has 0 aliphatic heterocycles. The zero-order chi connectivity index (χ0) is 11.9. The molecule has 0 fully saturated rings. The summed E-state index contributed by atoms with van der Waals surface area (Å²) in [5.41, 5.74) is 0.747. The normalized spacial score (nSPS) is 15.0. The summed E-state index contributed by atoms with van der Waals surface area (Å²) in [4.78, 5) is 12.1. The molecule has 1 atom stereocenters. The zero-order valence-electron chi connectivity index (χ0n) is 8.20. The van der Waals surface area contributed by atoms with Crippen molar-refractivity contribution in [3.63, 3.8) is 0 Å². The maximum atomic E-state index is 11.2. The number of benzene rings is 1. The van der Waals surface area contributed by atoms with Crippen LogP contribution in [0.4, 0.5) is 0 Å². The monoisotopic (exact) mass is 323 g/mol. The van der Waals surface area contributed by atoms with Crippen molar-refractivity contribution in [2.75, 3.05) is 6.66 Å². The molecule has 1 aromatic carbocycles. The van der Waals surface area contributed by atoms with Crippen LogP contribution in [0.3, 0.4) is 0 Å². The second-order valence-electron chi connectivity index (χ2n) is 3.33. The Morgan fingerprint density at radius 3 is 2.88 bits per heavy atom. The molecule has 0 saturated carbocycles. The van der Waals surface area contributed by atoms with E-state index in [-0.39, 0.29) is 5.75 Å². The highest BCUT2D eigenvalue weighted by Gasteiger charge is 2.17. The molecule has 1 unspecified atom stereocenters. The van der Waals surface area contributed by atoms with Crippen molar-refractivity contribution in [1.82, 2.24) is 4.98 Å². The number of rotatable bonds is 2. The number of aromatic nitrogens is 1. The Balaban J connectivity index is 2.63. The largest absolute Gasteiger partial charge is 0.422 e. The molecule has 7 heteroatoms. The van der Waals surface area contributed by atoms with Gasteiger partial charge in [0.2, 0.25) is 0 Å². The Labute approximate surface area is 105 Å². The molecular weight excluding hydrogens is 316 g/mol. The minimum Gasteiger partial charge on any atom is -0.422 e. The Morgan fingerprint density at radius 2 is 2.25 bits per heavy atom. The number of fused-ring (bicyclic) bond motifs is 1. The molecule has 0 amide bonds. The second-order valence-corrected chi connectivity index (χ2v) is 6.35. The van der Waals surface area contributed by atoms with Gasteiger partial charge in [-0.05, 0) is 28.1 Å². The Bertz CT molecular complexity index is 592. The first-order valence-electron chi connectivity index (χ1n) is 4.33. The lowest BCUT2D eigenvalue weighted by atomic mass is 10.2. The van der Waals surface area contributed by atoms with Crippen LogP contribution in [-0.2, 0) is 4.57 Å². The minimum absolute atomic E-state index is 0.273. The molecule has 0 bridgehead atoms. The molecule has 0 spiro atoms. The van der Waals surface area contributed by atoms with E-state index < -0.39 is 7.60 Å². The van der Waals surface area contributed by atoms with Gasteiger partial charge in [-0.1, -0.05) is 11.6 Å². The van der Waals surface area contributed by atoms with Crippen LogP contribution in [0, 0.1) is 0 Å². The number of H-pyrrole nitrogens is 1. The molecule has 1 aromatic heterocycles. The fourth-order valence-corrected chi connectivity index (χ4v) is 2.48. The predicted octanol–water partition coefficient (Wildman–Crippen LogP) is 3.78. The lowest BCUT2D eigenvalue weighted by Gasteiger charge is -2.07. The maximum absolute atomic E-state index is 11.2. The van der Waals surface area contributed by atoms with Gasteiger partial charge in [0.1, 0.15) is 0 Å². The molecular formula is C9H8BrClNO3P. The summed E-state index contributed by atoms with van der Waals surface area (Å²) in [6.45, 7) is 1.12. The topological polar surface area (TPSA) is 62.3 Å². The van der Waals surface area contributed by atoms with E-state index in [0.29, 0.717) is 14.9 Å². The minimum atomic E-state index is -3.59. The van der Waals surface area contributed by atoms with Crippen molar-refractivity contribution in [3.05, 3.63) is 27.8 Å². The van der Waals surface area contributed by atoms with E-state index in [1.54, 1.807) is 12.1 Å². The van der Waals surface area contributed by atoms with E-state index in [9.17, 15) is 9.46 Å². The molecule has 2 rings (SSSR count). The van der Waals surface area contributed by atoms with Crippen LogP contribution in [0.1, 0.15) is 0 Å². The molecule has 0 saturated heterocycles. The quantitative estimate of drug-likeness (QED) is 0.826. The van der Waals surface area contributed by atoms with Crippen LogP contribution in [0.5, 0.6) is 5.75 Å². The molecule has 1 heterocycles. The van der Waals surface area contributed by atoms with Crippen molar-refractivity contribution in [2.45, 2.75) is 0 Å². The fourth-order valence-electron chi connectivity index (χ4n) is 1.38. The summed E-state index contributed by atoms with van der Waals surface area (Å²) in [5, 5.41) is 1.04. The molecule has 16 heavy (non-hydrogen) atoms. The average Bonchev–Trinajstić information content (AvgIpc) is 2.53. The summed E-state index contributed by atoms with van der Waals surface area (Å²) in [7, 11) is -3.59. The van der Waals surface area contributed by atoms with Crippen molar-refractivity contribution in [3.8, 4) is 5.75 Å². The smallest absolute Gasteiger partial charge is 0.373 e. The zero-order valence-corrected chi connectivity index (χ0v) is 11.4. The number of nitrogens with one attached hydrogen (secondary N) is 1. The third kappa shape index (κ3) is 2.28. The second kappa shape index (κ2) is 4.08. The van der Waals surface area contributed by atoms with E-state index in [1.165, 1.54) is 6.20 Å². The Kier molecular flexibility index (Phi) is 3.05. The Hall–Kier alpha value is -0.480. The van der Waals surface area contributed by atoms with E-state index >= 15 is 0 Å². The van der Waals surface area contributed by atoms with Crippen LogP contribution < -0.4 is 4.52 Å². The molecule has 0 aliphatic rings. The van der Waals surface area contributed by atoms with Gasteiger partial charge in [-0.15, -0.1) is 0 Å². The van der Waals surface area contributed by atoms with Gasteiger partial charge in [0, 0.05) is 17.3 Å². The molecule has 4 nitrogen and oxygen atoms in total. The summed E-state index contributed by atoms with van der Waals surface area (Å²) >= 11 is 9.37. The van der Waals surface area contributed by atoms with Crippen molar-refractivity contribution in [1.29, 1.82) is 0 Å². The Morgan fingerprint density at radius 1 is 1.56 bits per heavy atom. The summed E-state index contributed by atoms with van der Waals surface area (Å²) in [5.74, 6) is 0.273. The SMILES string of the molecule is CP(=O)(O)Oc1c[nH]c2ccc(Br)c(Cl)c12. The molecule has 0 aliphatic carbocycles. The van der Waals surface area contributed by atoms with Crippen LogP contribution in [0.25, 0.3) is 10.9 Å². The van der Waals surface area contributed by atoms with Crippen LogP contribution in [0.15, 0.2) is 22.8 Å². The van der Waals surface area contributed by atoms with Gasteiger partial charge in [0.25, 0.3) is 0 Å². The van der Waals surface area contributed by atoms with Crippen molar-refractivity contribution < 1.29 is 14.0 Å². The highest BCUT2D eigenvalue weighted by atomic mass is 79.9. The number of aromatic amines is 1. The highest BCUT2D eigenvalue weighted by molar-refractivity contribution is 9.10. The first-order chi connectivity index (χ1) is 7.38. The fraction of sp³-hybridized carbons (Fsp3) is 0.111. The standard InChI is InChI=1S/C9H8BrClNO3P/c1-16(13,14)15-7-4-12-6-3-2-5(10)9(11)8(6)7/h2-4,12H,1H3,(H,13,14).